The van der Waals surface area contributed by atoms with Crippen LogP contribution in [0.2, 0.25) is 0 Å². The standard InChI is InChI=1S/C18H17N7O2S2/c26-29(27,15-5-3-4-14-18(15)22-28-21-14)25-12-10-24(11-13-25)17-7-6-16(19-20-17)23-8-1-2-9-23/h1-9H,10-13H2. The second-order valence-electron chi connectivity index (χ2n) is 6.62. The second kappa shape index (κ2) is 7.17. The average molecular weight is 428 g/mol. The molecular weight excluding hydrogens is 410 g/mol. The highest BCUT2D eigenvalue weighted by molar-refractivity contribution is 7.89. The average Bonchev–Trinajstić information content (AvgIpc) is 3.46. The summed E-state index contributed by atoms with van der Waals surface area (Å²) in [6, 6.07) is 12.7. The van der Waals surface area contributed by atoms with Gasteiger partial charge in [0, 0.05) is 38.6 Å². The molecule has 0 aliphatic carbocycles. The number of rotatable bonds is 4. The number of anilines is 1. The van der Waals surface area contributed by atoms with Crippen LogP contribution in [0.3, 0.4) is 0 Å². The van der Waals surface area contributed by atoms with Gasteiger partial charge < -0.3 is 9.47 Å². The van der Waals surface area contributed by atoms with Crippen molar-refractivity contribution in [3.8, 4) is 5.82 Å². The molecule has 1 fully saturated rings. The molecule has 1 aromatic carbocycles. The minimum absolute atomic E-state index is 0.216. The highest BCUT2D eigenvalue weighted by Crippen LogP contribution is 2.25. The van der Waals surface area contributed by atoms with Crippen LogP contribution in [0.25, 0.3) is 16.9 Å². The first-order valence-electron chi connectivity index (χ1n) is 9.06. The molecular formula is C18H17N7O2S2. The van der Waals surface area contributed by atoms with E-state index in [1.807, 2.05) is 46.1 Å². The monoisotopic (exact) mass is 427 g/mol. The number of nitrogens with zero attached hydrogens (tertiary/aromatic N) is 7. The summed E-state index contributed by atoms with van der Waals surface area (Å²) in [7, 11) is -3.63. The summed E-state index contributed by atoms with van der Waals surface area (Å²) >= 11 is 1.02. The number of sulfonamides is 1. The van der Waals surface area contributed by atoms with E-state index < -0.39 is 10.0 Å². The van der Waals surface area contributed by atoms with Crippen molar-refractivity contribution in [1.82, 2.24) is 27.8 Å². The van der Waals surface area contributed by atoms with Crippen LogP contribution in [0, 0.1) is 0 Å². The first-order chi connectivity index (χ1) is 14.1. The molecule has 4 heterocycles. The molecule has 1 aliphatic heterocycles. The molecule has 0 bridgehead atoms. The van der Waals surface area contributed by atoms with E-state index in [0.29, 0.717) is 37.2 Å². The first-order valence-corrected chi connectivity index (χ1v) is 11.2. The van der Waals surface area contributed by atoms with Crippen LogP contribution in [0.1, 0.15) is 0 Å². The van der Waals surface area contributed by atoms with Crippen LogP contribution >= 0.6 is 11.7 Å². The zero-order valence-corrected chi connectivity index (χ0v) is 16.9. The van der Waals surface area contributed by atoms with Gasteiger partial charge in [-0.25, -0.2) is 8.42 Å². The molecule has 3 aromatic heterocycles. The third-order valence-corrected chi connectivity index (χ3v) is 7.41. The SMILES string of the molecule is O=S(=O)(c1cccc2nsnc12)N1CCN(c2ccc(-n3cccc3)nn2)CC1. The lowest BCUT2D eigenvalue weighted by atomic mass is 10.3. The molecule has 0 saturated carbocycles. The Hall–Kier alpha value is -2.89. The van der Waals surface area contributed by atoms with Gasteiger partial charge in [-0.2, -0.15) is 13.1 Å². The van der Waals surface area contributed by atoms with Crippen molar-refractivity contribution in [1.29, 1.82) is 0 Å². The van der Waals surface area contributed by atoms with Crippen molar-refractivity contribution in [2.45, 2.75) is 4.90 Å². The van der Waals surface area contributed by atoms with Gasteiger partial charge in [0.05, 0.1) is 11.7 Å². The molecule has 5 rings (SSSR count). The van der Waals surface area contributed by atoms with Gasteiger partial charge in [-0.3, -0.25) is 0 Å². The van der Waals surface area contributed by atoms with Crippen LogP contribution < -0.4 is 4.90 Å². The van der Waals surface area contributed by atoms with Gasteiger partial charge in [-0.05, 0) is 36.4 Å². The molecule has 0 spiro atoms. The lowest BCUT2D eigenvalue weighted by molar-refractivity contribution is 0.384. The summed E-state index contributed by atoms with van der Waals surface area (Å²) in [4.78, 5) is 2.26. The Kier molecular flexibility index (Phi) is 4.49. The number of piperazine rings is 1. The summed E-state index contributed by atoms with van der Waals surface area (Å²) in [6.45, 7) is 1.83. The molecule has 1 saturated heterocycles. The van der Waals surface area contributed by atoms with E-state index in [1.165, 1.54) is 4.31 Å². The maximum atomic E-state index is 13.1. The molecule has 0 unspecified atom stereocenters. The zero-order chi connectivity index (χ0) is 19.8. The topological polar surface area (TPSA) is 97.1 Å². The maximum Gasteiger partial charge on any atom is 0.245 e. The van der Waals surface area contributed by atoms with E-state index in [2.05, 4.69) is 18.9 Å². The van der Waals surface area contributed by atoms with Gasteiger partial charge >= 0.3 is 0 Å². The Morgan fingerprint density at radius 1 is 0.828 bits per heavy atom. The van der Waals surface area contributed by atoms with Crippen LogP contribution in [-0.2, 0) is 10.0 Å². The minimum Gasteiger partial charge on any atom is -0.352 e. The molecule has 0 atom stereocenters. The van der Waals surface area contributed by atoms with Crippen LogP contribution in [0.4, 0.5) is 5.82 Å². The van der Waals surface area contributed by atoms with E-state index in [4.69, 9.17) is 0 Å². The van der Waals surface area contributed by atoms with Crippen molar-refractivity contribution in [3.63, 3.8) is 0 Å². The number of hydrogen-bond acceptors (Lipinski definition) is 8. The summed E-state index contributed by atoms with van der Waals surface area (Å²) in [5.74, 6) is 1.48. The fraction of sp³-hybridized carbons (Fsp3) is 0.222. The lowest BCUT2D eigenvalue weighted by Crippen LogP contribution is -2.49. The fourth-order valence-corrected chi connectivity index (χ4v) is 5.57. The number of aromatic nitrogens is 5. The van der Waals surface area contributed by atoms with Crippen molar-refractivity contribution < 1.29 is 8.42 Å². The minimum atomic E-state index is -3.63. The Balaban J connectivity index is 1.32. The van der Waals surface area contributed by atoms with Crippen LogP contribution in [0.15, 0.2) is 59.8 Å². The van der Waals surface area contributed by atoms with E-state index in [1.54, 1.807) is 18.2 Å². The number of benzene rings is 1. The molecule has 29 heavy (non-hydrogen) atoms. The van der Waals surface area contributed by atoms with Crippen LogP contribution in [0.5, 0.6) is 0 Å². The molecule has 11 heteroatoms. The lowest BCUT2D eigenvalue weighted by Gasteiger charge is -2.34. The third-order valence-electron chi connectivity index (χ3n) is 4.93. The maximum absolute atomic E-state index is 13.1. The third kappa shape index (κ3) is 3.26. The summed E-state index contributed by atoms with van der Waals surface area (Å²) in [5.41, 5.74) is 1.04. The molecule has 0 N–H and O–H groups in total. The van der Waals surface area contributed by atoms with Crippen molar-refractivity contribution in [3.05, 3.63) is 54.9 Å². The summed E-state index contributed by atoms with van der Waals surface area (Å²) < 4.78 is 38.0. The predicted octanol–water partition coefficient (Wildman–Crippen LogP) is 1.78. The number of fused-ring (bicyclic) bond motifs is 1. The Morgan fingerprint density at radius 2 is 1.55 bits per heavy atom. The molecule has 0 amide bonds. The fourth-order valence-electron chi connectivity index (χ4n) is 3.40. The summed E-state index contributed by atoms with van der Waals surface area (Å²) in [6.07, 6.45) is 3.82. The molecule has 4 aromatic rings. The van der Waals surface area contributed by atoms with Crippen molar-refractivity contribution in [2.75, 3.05) is 31.1 Å². The van der Waals surface area contributed by atoms with Crippen molar-refractivity contribution in [2.24, 2.45) is 0 Å². The number of hydrogen-bond donors (Lipinski definition) is 0. The van der Waals surface area contributed by atoms with Crippen LogP contribution in [-0.4, -0.2) is 62.4 Å². The molecule has 1 aliphatic rings. The zero-order valence-electron chi connectivity index (χ0n) is 15.3. The van der Waals surface area contributed by atoms with Gasteiger partial charge in [0.1, 0.15) is 15.9 Å². The quantitative estimate of drug-likeness (QED) is 0.490. The van der Waals surface area contributed by atoms with E-state index >= 15 is 0 Å². The smallest absolute Gasteiger partial charge is 0.245 e. The highest BCUT2D eigenvalue weighted by Gasteiger charge is 2.31. The molecule has 148 valence electrons. The summed E-state index contributed by atoms with van der Waals surface area (Å²) in [5, 5.41) is 8.57. The van der Waals surface area contributed by atoms with Crippen molar-refractivity contribution >= 4 is 38.6 Å². The Bertz CT molecular complexity index is 1230. The van der Waals surface area contributed by atoms with Gasteiger partial charge in [0.15, 0.2) is 11.6 Å². The Labute approximate surface area is 171 Å². The van der Waals surface area contributed by atoms with Gasteiger partial charge in [-0.1, -0.05) is 6.07 Å². The first kappa shape index (κ1) is 18.2. The Morgan fingerprint density at radius 3 is 2.28 bits per heavy atom. The molecule has 0 radical (unpaired) electrons. The predicted molar refractivity (Wildman–Crippen MR) is 110 cm³/mol. The van der Waals surface area contributed by atoms with E-state index in [-0.39, 0.29) is 4.90 Å². The van der Waals surface area contributed by atoms with Gasteiger partial charge in [0.25, 0.3) is 0 Å². The van der Waals surface area contributed by atoms with Gasteiger partial charge in [-0.15, -0.1) is 10.2 Å². The highest BCUT2D eigenvalue weighted by atomic mass is 32.2. The molecule has 9 nitrogen and oxygen atoms in total. The van der Waals surface area contributed by atoms with E-state index in [9.17, 15) is 8.42 Å². The largest absolute Gasteiger partial charge is 0.352 e. The second-order valence-corrected chi connectivity index (χ2v) is 9.05. The normalized spacial score (nSPS) is 15.8. The van der Waals surface area contributed by atoms with E-state index in [0.717, 1.165) is 23.4 Å². The van der Waals surface area contributed by atoms with Gasteiger partial charge in [0.2, 0.25) is 10.0 Å².